The highest BCUT2D eigenvalue weighted by Gasteiger charge is 2.09. The summed E-state index contributed by atoms with van der Waals surface area (Å²) in [7, 11) is 1.59. The number of hydrogen-bond acceptors (Lipinski definition) is 4. The van der Waals surface area contributed by atoms with Crippen molar-refractivity contribution in [2.24, 2.45) is 0 Å². The lowest BCUT2D eigenvalue weighted by Gasteiger charge is -2.07. The molecule has 0 saturated carbocycles. The van der Waals surface area contributed by atoms with Crippen molar-refractivity contribution in [2.45, 2.75) is 0 Å². The summed E-state index contributed by atoms with van der Waals surface area (Å²) in [5.41, 5.74) is 0. The van der Waals surface area contributed by atoms with E-state index in [4.69, 9.17) is 21.4 Å². The summed E-state index contributed by atoms with van der Waals surface area (Å²) < 4.78 is 9.71. The van der Waals surface area contributed by atoms with Crippen LogP contribution in [0.5, 0.6) is 0 Å². The number of carbonyl (C=O) groups excluding carboxylic acids is 1. The molecule has 1 rings (SSSR count). The number of rotatable bonds is 4. The van der Waals surface area contributed by atoms with Gasteiger partial charge >= 0.3 is 0 Å². The van der Waals surface area contributed by atoms with E-state index in [1.807, 2.05) is 0 Å². The van der Waals surface area contributed by atoms with E-state index in [-0.39, 0.29) is 16.8 Å². The minimum Gasteiger partial charge on any atom is -0.459 e. The summed E-state index contributed by atoms with van der Waals surface area (Å²) in [6, 6.07) is 3.20. The second-order valence-electron chi connectivity index (χ2n) is 2.68. The standard InChI is InChI=1S/C9H12N2O3S/c1-13-6-4-10-9(15)11-8(12)7-3-2-5-14-7/h2-3,5H,4,6H2,1H3,(H2,10,11,12,15). The van der Waals surface area contributed by atoms with Crippen LogP contribution in [-0.2, 0) is 4.74 Å². The lowest BCUT2D eigenvalue weighted by atomic mass is 10.4. The molecule has 0 unspecified atom stereocenters. The fourth-order valence-corrected chi connectivity index (χ4v) is 1.08. The Kier molecular flexibility index (Phi) is 4.79. The highest BCUT2D eigenvalue weighted by atomic mass is 32.1. The molecule has 1 aromatic heterocycles. The second kappa shape index (κ2) is 6.15. The zero-order chi connectivity index (χ0) is 11.1. The van der Waals surface area contributed by atoms with Crippen LogP contribution in [-0.4, -0.2) is 31.3 Å². The van der Waals surface area contributed by atoms with E-state index < -0.39 is 0 Å². The van der Waals surface area contributed by atoms with Gasteiger partial charge in [0, 0.05) is 13.7 Å². The Morgan fingerprint density at radius 3 is 3.07 bits per heavy atom. The van der Waals surface area contributed by atoms with E-state index in [1.165, 1.54) is 6.26 Å². The number of nitrogens with one attached hydrogen (secondary N) is 2. The minimum absolute atomic E-state index is 0.228. The predicted octanol–water partition coefficient (Wildman–Crippen LogP) is 0.530. The van der Waals surface area contributed by atoms with Gasteiger partial charge in [-0.3, -0.25) is 10.1 Å². The van der Waals surface area contributed by atoms with Crippen LogP contribution in [0.15, 0.2) is 22.8 Å². The SMILES string of the molecule is COCCNC(=S)NC(=O)c1ccco1. The van der Waals surface area contributed by atoms with Crippen LogP contribution >= 0.6 is 12.2 Å². The molecule has 1 heterocycles. The van der Waals surface area contributed by atoms with Gasteiger partial charge in [-0.05, 0) is 24.4 Å². The number of carbonyl (C=O) groups is 1. The molecule has 1 amide bonds. The molecule has 6 heteroatoms. The summed E-state index contributed by atoms with van der Waals surface area (Å²) in [6.45, 7) is 1.07. The molecule has 0 radical (unpaired) electrons. The fourth-order valence-electron chi connectivity index (χ4n) is 0.883. The van der Waals surface area contributed by atoms with Crippen molar-refractivity contribution < 1.29 is 13.9 Å². The molecular formula is C9H12N2O3S. The van der Waals surface area contributed by atoms with Gasteiger partial charge in [0.05, 0.1) is 12.9 Å². The first-order chi connectivity index (χ1) is 7.24. The highest BCUT2D eigenvalue weighted by molar-refractivity contribution is 7.80. The van der Waals surface area contributed by atoms with Gasteiger partial charge in [-0.15, -0.1) is 0 Å². The van der Waals surface area contributed by atoms with Crippen molar-refractivity contribution in [1.82, 2.24) is 10.6 Å². The maximum atomic E-state index is 11.4. The molecule has 0 aliphatic rings. The first kappa shape index (κ1) is 11.7. The van der Waals surface area contributed by atoms with E-state index in [0.717, 1.165) is 0 Å². The summed E-state index contributed by atoms with van der Waals surface area (Å²) in [5.74, 6) is -0.138. The van der Waals surface area contributed by atoms with Gasteiger partial charge in [0.2, 0.25) is 0 Å². The summed E-state index contributed by atoms with van der Waals surface area (Å²) in [5, 5.41) is 5.54. The first-order valence-corrected chi connectivity index (χ1v) is 4.76. The van der Waals surface area contributed by atoms with E-state index in [2.05, 4.69) is 10.6 Å². The number of methoxy groups -OCH3 is 1. The molecular weight excluding hydrogens is 216 g/mol. The Balaban J connectivity index is 2.29. The van der Waals surface area contributed by atoms with Crippen molar-refractivity contribution in [2.75, 3.05) is 20.3 Å². The smallest absolute Gasteiger partial charge is 0.293 e. The molecule has 82 valence electrons. The van der Waals surface area contributed by atoms with Crippen LogP contribution in [0.4, 0.5) is 0 Å². The average molecular weight is 228 g/mol. The fraction of sp³-hybridized carbons (Fsp3) is 0.333. The third-order valence-corrected chi connectivity index (χ3v) is 1.81. The molecule has 0 fully saturated rings. The molecule has 0 bridgehead atoms. The zero-order valence-corrected chi connectivity index (χ0v) is 9.10. The second-order valence-corrected chi connectivity index (χ2v) is 3.09. The molecule has 1 aromatic rings. The molecule has 15 heavy (non-hydrogen) atoms. The van der Waals surface area contributed by atoms with Gasteiger partial charge in [-0.1, -0.05) is 0 Å². The van der Waals surface area contributed by atoms with Crippen molar-refractivity contribution in [1.29, 1.82) is 0 Å². The van der Waals surface area contributed by atoms with Crippen LogP contribution in [0.3, 0.4) is 0 Å². The van der Waals surface area contributed by atoms with E-state index in [9.17, 15) is 4.79 Å². The molecule has 2 N–H and O–H groups in total. The minimum atomic E-state index is -0.366. The van der Waals surface area contributed by atoms with Crippen molar-refractivity contribution in [3.63, 3.8) is 0 Å². The predicted molar refractivity (Wildman–Crippen MR) is 58.7 cm³/mol. The van der Waals surface area contributed by atoms with Crippen molar-refractivity contribution in [3.05, 3.63) is 24.2 Å². The molecule has 0 spiro atoms. The highest BCUT2D eigenvalue weighted by Crippen LogP contribution is 1.98. The summed E-state index contributed by atoms with van der Waals surface area (Å²) in [6.07, 6.45) is 1.43. The normalized spacial score (nSPS) is 9.67. The Bertz CT molecular complexity index is 324. The number of furan rings is 1. The van der Waals surface area contributed by atoms with E-state index >= 15 is 0 Å². The maximum Gasteiger partial charge on any atom is 0.293 e. The van der Waals surface area contributed by atoms with Crippen LogP contribution in [0.2, 0.25) is 0 Å². The lowest BCUT2D eigenvalue weighted by Crippen LogP contribution is -2.40. The van der Waals surface area contributed by atoms with Crippen LogP contribution in [0.1, 0.15) is 10.6 Å². The monoisotopic (exact) mass is 228 g/mol. The maximum absolute atomic E-state index is 11.4. The molecule has 0 aliphatic heterocycles. The lowest BCUT2D eigenvalue weighted by molar-refractivity contribution is 0.0949. The van der Waals surface area contributed by atoms with E-state index in [0.29, 0.717) is 13.2 Å². The third kappa shape index (κ3) is 4.09. The van der Waals surface area contributed by atoms with Crippen LogP contribution in [0.25, 0.3) is 0 Å². The Hall–Kier alpha value is -1.40. The summed E-state index contributed by atoms with van der Waals surface area (Å²) in [4.78, 5) is 11.4. The number of amides is 1. The van der Waals surface area contributed by atoms with Crippen molar-refractivity contribution >= 4 is 23.2 Å². The third-order valence-electron chi connectivity index (χ3n) is 1.56. The Morgan fingerprint density at radius 2 is 2.47 bits per heavy atom. The quantitative estimate of drug-likeness (QED) is 0.581. The Morgan fingerprint density at radius 1 is 1.67 bits per heavy atom. The van der Waals surface area contributed by atoms with Crippen molar-refractivity contribution in [3.8, 4) is 0 Å². The number of hydrogen-bond donors (Lipinski definition) is 2. The van der Waals surface area contributed by atoms with Crippen LogP contribution < -0.4 is 10.6 Å². The molecule has 0 aliphatic carbocycles. The van der Waals surface area contributed by atoms with Gasteiger partial charge in [0.15, 0.2) is 10.9 Å². The van der Waals surface area contributed by atoms with Crippen LogP contribution in [0, 0.1) is 0 Å². The Labute approximate surface area is 92.8 Å². The topological polar surface area (TPSA) is 63.5 Å². The van der Waals surface area contributed by atoms with Gasteiger partial charge in [-0.2, -0.15) is 0 Å². The first-order valence-electron chi connectivity index (χ1n) is 4.35. The van der Waals surface area contributed by atoms with Gasteiger partial charge in [0.25, 0.3) is 5.91 Å². The molecule has 0 atom stereocenters. The van der Waals surface area contributed by atoms with Gasteiger partial charge < -0.3 is 14.5 Å². The number of ether oxygens (including phenoxy) is 1. The van der Waals surface area contributed by atoms with E-state index in [1.54, 1.807) is 19.2 Å². The zero-order valence-electron chi connectivity index (χ0n) is 8.28. The molecule has 0 saturated heterocycles. The largest absolute Gasteiger partial charge is 0.459 e. The molecule has 0 aromatic carbocycles. The van der Waals surface area contributed by atoms with Gasteiger partial charge in [0.1, 0.15) is 0 Å². The summed E-state index contributed by atoms with van der Waals surface area (Å²) >= 11 is 4.88. The van der Waals surface area contributed by atoms with Gasteiger partial charge in [-0.25, -0.2) is 0 Å². The number of thiocarbonyl (C=S) groups is 1. The molecule has 5 nitrogen and oxygen atoms in total. The average Bonchev–Trinajstić information content (AvgIpc) is 2.70.